The molecule has 0 spiro atoms. The monoisotopic (exact) mass is 247 g/mol. The normalized spacial score (nSPS) is 30.8. The Morgan fingerprint density at radius 1 is 1.22 bits per heavy atom. The van der Waals surface area contributed by atoms with Crippen molar-refractivity contribution in [3.05, 3.63) is 22.2 Å². The van der Waals surface area contributed by atoms with Gasteiger partial charge in [0.2, 0.25) is 0 Å². The fourth-order valence-electron chi connectivity index (χ4n) is 2.98. The highest BCUT2D eigenvalue weighted by Crippen LogP contribution is 2.38. The van der Waals surface area contributed by atoms with Gasteiger partial charge in [-0.25, -0.2) is 4.98 Å². The first kappa shape index (κ1) is 10.6. The Labute approximate surface area is 105 Å². The number of H-pyrrole nitrogens is 1. The van der Waals surface area contributed by atoms with Gasteiger partial charge in [0.05, 0.1) is 12.2 Å². The lowest BCUT2D eigenvalue weighted by molar-refractivity contribution is 0.0302. The quantitative estimate of drug-likeness (QED) is 0.847. The van der Waals surface area contributed by atoms with E-state index < -0.39 is 0 Å². The zero-order chi connectivity index (χ0) is 12.1. The molecule has 1 saturated carbocycles. The summed E-state index contributed by atoms with van der Waals surface area (Å²) in [5.74, 6) is 2.19. The van der Waals surface area contributed by atoms with Crippen molar-refractivity contribution in [3.63, 3.8) is 0 Å². The first-order valence-electron chi connectivity index (χ1n) is 6.79. The number of aromatic amines is 1. The van der Waals surface area contributed by atoms with Gasteiger partial charge in [0, 0.05) is 25.1 Å². The molecule has 1 N–H and O–H groups in total. The molecule has 0 amide bonds. The number of hydrogen-bond donors (Lipinski definition) is 1. The molecule has 3 aliphatic rings. The van der Waals surface area contributed by atoms with E-state index in [-0.39, 0.29) is 5.56 Å². The minimum Gasteiger partial charge on any atom is -0.371 e. The fraction of sp³-hybridized carbons (Fsp3) is 0.692. The molecule has 5 nitrogen and oxygen atoms in total. The molecule has 4 rings (SSSR count). The van der Waals surface area contributed by atoms with Crippen LogP contribution in [-0.2, 0) is 4.74 Å². The second kappa shape index (κ2) is 3.82. The third-order valence-corrected chi connectivity index (χ3v) is 4.08. The van der Waals surface area contributed by atoms with E-state index in [4.69, 9.17) is 4.74 Å². The van der Waals surface area contributed by atoms with Crippen molar-refractivity contribution >= 4 is 5.82 Å². The Bertz CT molecular complexity index is 511. The number of fused-ring (bicyclic) bond motifs is 2. The van der Waals surface area contributed by atoms with Crippen LogP contribution in [0.15, 0.2) is 10.9 Å². The predicted molar refractivity (Wildman–Crippen MR) is 66.9 cm³/mol. The van der Waals surface area contributed by atoms with E-state index in [0.717, 1.165) is 50.4 Å². The molecule has 1 aromatic rings. The molecule has 2 atom stereocenters. The molecule has 3 heterocycles. The van der Waals surface area contributed by atoms with Gasteiger partial charge in [-0.15, -0.1) is 0 Å². The van der Waals surface area contributed by atoms with Crippen LogP contribution in [0.5, 0.6) is 0 Å². The van der Waals surface area contributed by atoms with Crippen LogP contribution in [0.1, 0.15) is 37.4 Å². The average Bonchev–Trinajstić information content (AvgIpc) is 3.15. The van der Waals surface area contributed by atoms with Gasteiger partial charge in [-0.2, -0.15) is 0 Å². The summed E-state index contributed by atoms with van der Waals surface area (Å²) in [6.07, 6.45) is 5.24. The van der Waals surface area contributed by atoms with Crippen molar-refractivity contribution in [3.8, 4) is 0 Å². The third kappa shape index (κ3) is 1.82. The molecule has 0 aromatic carbocycles. The first-order chi connectivity index (χ1) is 8.78. The number of morpholine rings is 1. The van der Waals surface area contributed by atoms with Crippen molar-refractivity contribution < 1.29 is 4.74 Å². The van der Waals surface area contributed by atoms with Crippen molar-refractivity contribution in [2.75, 3.05) is 18.0 Å². The summed E-state index contributed by atoms with van der Waals surface area (Å²) in [5.41, 5.74) is -0.0271. The minimum absolute atomic E-state index is 0.0271. The number of anilines is 1. The number of aromatic nitrogens is 2. The lowest BCUT2D eigenvalue weighted by Gasteiger charge is -2.32. The second-order valence-corrected chi connectivity index (χ2v) is 5.63. The molecule has 2 saturated heterocycles. The molecule has 5 heteroatoms. The second-order valence-electron chi connectivity index (χ2n) is 5.63. The largest absolute Gasteiger partial charge is 0.371 e. The van der Waals surface area contributed by atoms with Crippen molar-refractivity contribution in [1.29, 1.82) is 0 Å². The molecule has 18 heavy (non-hydrogen) atoms. The van der Waals surface area contributed by atoms with Crippen molar-refractivity contribution in [2.24, 2.45) is 0 Å². The molecular weight excluding hydrogens is 230 g/mol. The highest BCUT2D eigenvalue weighted by atomic mass is 16.5. The molecule has 96 valence electrons. The highest BCUT2D eigenvalue weighted by Gasteiger charge is 2.35. The van der Waals surface area contributed by atoms with E-state index in [0.29, 0.717) is 18.1 Å². The zero-order valence-corrected chi connectivity index (χ0v) is 10.3. The van der Waals surface area contributed by atoms with E-state index in [9.17, 15) is 4.79 Å². The lowest BCUT2D eigenvalue weighted by Crippen LogP contribution is -2.43. The molecule has 1 aliphatic carbocycles. The molecule has 2 unspecified atom stereocenters. The summed E-state index contributed by atoms with van der Waals surface area (Å²) in [7, 11) is 0. The van der Waals surface area contributed by atoms with Crippen LogP contribution in [0.3, 0.4) is 0 Å². The topological polar surface area (TPSA) is 58.2 Å². The van der Waals surface area contributed by atoms with Crippen molar-refractivity contribution in [1.82, 2.24) is 9.97 Å². The van der Waals surface area contributed by atoms with E-state index in [1.54, 1.807) is 6.07 Å². The molecule has 3 fully saturated rings. The predicted octanol–water partition coefficient (Wildman–Crippen LogP) is 1.01. The number of ether oxygens (including phenoxy) is 1. The van der Waals surface area contributed by atoms with Gasteiger partial charge in [-0.05, 0) is 25.7 Å². The molecule has 1 aromatic heterocycles. The molecular formula is C13H17N3O2. The maximum Gasteiger partial charge on any atom is 0.252 e. The van der Waals surface area contributed by atoms with E-state index in [2.05, 4.69) is 14.9 Å². The maximum atomic E-state index is 11.7. The highest BCUT2D eigenvalue weighted by molar-refractivity contribution is 5.39. The summed E-state index contributed by atoms with van der Waals surface area (Å²) in [5, 5.41) is 0. The Morgan fingerprint density at radius 3 is 2.61 bits per heavy atom. The average molecular weight is 247 g/mol. The van der Waals surface area contributed by atoms with Crippen LogP contribution >= 0.6 is 0 Å². The first-order valence-corrected chi connectivity index (χ1v) is 6.79. The number of nitrogens with one attached hydrogen (secondary N) is 1. The smallest absolute Gasteiger partial charge is 0.252 e. The molecule has 2 bridgehead atoms. The molecule has 0 radical (unpaired) electrons. The van der Waals surface area contributed by atoms with Crippen LogP contribution in [0.4, 0.5) is 5.82 Å². The summed E-state index contributed by atoms with van der Waals surface area (Å²) in [6.45, 7) is 1.74. The van der Waals surface area contributed by atoms with Crippen LogP contribution < -0.4 is 10.5 Å². The van der Waals surface area contributed by atoms with Crippen LogP contribution in [0, 0.1) is 0 Å². The third-order valence-electron chi connectivity index (χ3n) is 4.08. The Hall–Kier alpha value is -1.36. The summed E-state index contributed by atoms with van der Waals surface area (Å²) >= 11 is 0. The summed E-state index contributed by atoms with van der Waals surface area (Å²) in [6, 6.07) is 1.62. The van der Waals surface area contributed by atoms with Crippen molar-refractivity contribution in [2.45, 2.75) is 43.8 Å². The standard InChI is InChI=1S/C13H17N3O2/c17-12-5-11(14-13(15-12)8-1-2-8)16-6-9-3-4-10(7-16)18-9/h5,8-10H,1-4,6-7H2,(H,14,15,17). The molecule has 2 aliphatic heterocycles. The van der Waals surface area contributed by atoms with Gasteiger partial charge in [0.1, 0.15) is 11.6 Å². The zero-order valence-electron chi connectivity index (χ0n) is 10.3. The number of hydrogen-bond acceptors (Lipinski definition) is 4. The van der Waals surface area contributed by atoms with Gasteiger partial charge < -0.3 is 14.6 Å². The lowest BCUT2D eigenvalue weighted by atomic mass is 10.2. The van der Waals surface area contributed by atoms with E-state index in [1.807, 2.05) is 0 Å². The van der Waals surface area contributed by atoms with Gasteiger partial charge in [0.25, 0.3) is 5.56 Å². The fourth-order valence-corrected chi connectivity index (χ4v) is 2.98. The van der Waals surface area contributed by atoms with Crippen LogP contribution in [0.25, 0.3) is 0 Å². The Morgan fingerprint density at radius 2 is 1.94 bits per heavy atom. The van der Waals surface area contributed by atoms with Crippen LogP contribution in [-0.4, -0.2) is 35.3 Å². The number of rotatable bonds is 2. The van der Waals surface area contributed by atoms with E-state index in [1.165, 1.54) is 0 Å². The Kier molecular flexibility index (Phi) is 2.24. The van der Waals surface area contributed by atoms with Gasteiger partial charge in [0.15, 0.2) is 0 Å². The van der Waals surface area contributed by atoms with Crippen LogP contribution in [0.2, 0.25) is 0 Å². The Balaban J connectivity index is 1.65. The van der Waals surface area contributed by atoms with Gasteiger partial charge >= 0.3 is 0 Å². The minimum atomic E-state index is -0.0271. The summed E-state index contributed by atoms with van der Waals surface area (Å²) < 4.78 is 5.81. The SMILES string of the molecule is O=c1cc(N2CC3CCC(C2)O3)nc(C2CC2)[nH]1. The van der Waals surface area contributed by atoms with E-state index >= 15 is 0 Å². The van der Waals surface area contributed by atoms with Gasteiger partial charge in [-0.1, -0.05) is 0 Å². The van der Waals surface area contributed by atoms with Gasteiger partial charge in [-0.3, -0.25) is 4.79 Å². The summed E-state index contributed by atoms with van der Waals surface area (Å²) in [4.78, 5) is 21.4. The number of nitrogens with zero attached hydrogens (tertiary/aromatic N) is 2. The maximum absolute atomic E-state index is 11.7.